The molecule has 0 aliphatic carbocycles. The Bertz CT molecular complexity index is 500. The molecule has 1 atom stereocenters. The van der Waals surface area contributed by atoms with E-state index in [9.17, 15) is 18.4 Å². The van der Waals surface area contributed by atoms with Crippen molar-refractivity contribution in [3.8, 4) is 5.75 Å². The van der Waals surface area contributed by atoms with E-state index in [1.165, 1.54) is 18.2 Å². The van der Waals surface area contributed by atoms with Gasteiger partial charge in [0.1, 0.15) is 11.8 Å². The van der Waals surface area contributed by atoms with Crippen LogP contribution in [0.3, 0.4) is 0 Å². The molecule has 0 radical (unpaired) electrons. The molecule has 1 aromatic carbocycles. The molecule has 1 heterocycles. The van der Waals surface area contributed by atoms with Gasteiger partial charge in [0.25, 0.3) is 0 Å². The van der Waals surface area contributed by atoms with Crippen molar-refractivity contribution in [3.63, 3.8) is 0 Å². The van der Waals surface area contributed by atoms with Crippen LogP contribution in [0.25, 0.3) is 0 Å². The Balaban J connectivity index is 2.02. The fraction of sp³-hybridized carbons (Fsp3) is 0.333. The highest BCUT2D eigenvalue weighted by Gasteiger charge is 2.24. The minimum Gasteiger partial charge on any atom is -0.433 e. The number of amides is 2. The molecular formula is C12H13F2N3O3. The highest BCUT2D eigenvalue weighted by atomic mass is 19.3. The molecule has 1 aliphatic rings. The van der Waals surface area contributed by atoms with Gasteiger partial charge in [-0.05, 0) is 12.1 Å². The fourth-order valence-electron chi connectivity index (χ4n) is 1.74. The third kappa shape index (κ3) is 3.64. The summed E-state index contributed by atoms with van der Waals surface area (Å²) in [5.74, 6) is -0.749. The summed E-state index contributed by atoms with van der Waals surface area (Å²) in [5.41, 5.74) is 0.150. The monoisotopic (exact) mass is 285 g/mol. The Morgan fingerprint density at radius 3 is 2.80 bits per heavy atom. The minimum absolute atomic E-state index is 0.0350. The molecule has 6 nitrogen and oxygen atoms in total. The zero-order valence-electron chi connectivity index (χ0n) is 10.4. The number of benzene rings is 1. The molecule has 0 aromatic heterocycles. The minimum atomic E-state index is -2.97. The van der Waals surface area contributed by atoms with Crippen LogP contribution in [-0.2, 0) is 9.59 Å². The summed E-state index contributed by atoms with van der Waals surface area (Å²) in [6.07, 6.45) is 0. The zero-order chi connectivity index (χ0) is 14.5. The van der Waals surface area contributed by atoms with Gasteiger partial charge in [0.15, 0.2) is 0 Å². The van der Waals surface area contributed by atoms with E-state index in [-0.39, 0.29) is 30.4 Å². The Morgan fingerprint density at radius 2 is 2.15 bits per heavy atom. The quantitative estimate of drug-likeness (QED) is 0.744. The lowest BCUT2D eigenvalue weighted by Gasteiger charge is -2.23. The van der Waals surface area contributed by atoms with E-state index in [0.29, 0.717) is 0 Å². The molecule has 1 aromatic rings. The second kappa shape index (κ2) is 6.29. The van der Waals surface area contributed by atoms with E-state index < -0.39 is 18.6 Å². The average Bonchev–Trinajstić information content (AvgIpc) is 2.41. The van der Waals surface area contributed by atoms with Crippen molar-refractivity contribution >= 4 is 17.5 Å². The molecule has 1 saturated heterocycles. The first kappa shape index (κ1) is 14.2. The van der Waals surface area contributed by atoms with Crippen LogP contribution >= 0.6 is 0 Å². The van der Waals surface area contributed by atoms with Crippen molar-refractivity contribution in [3.05, 3.63) is 24.3 Å². The van der Waals surface area contributed by atoms with E-state index in [0.717, 1.165) is 0 Å². The lowest BCUT2D eigenvalue weighted by Crippen LogP contribution is -2.56. The average molecular weight is 285 g/mol. The standard InChI is InChI=1S/C12H13F2N3O3/c13-12(14)20-9-4-2-1-3-7(9)17-11(19)8-5-16-10(18)6-15-8/h1-4,8,12,15H,5-6H2,(H,16,18)(H,17,19). The van der Waals surface area contributed by atoms with Crippen molar-refractivity contribution in [2.45, 2.75) is 12.7 Å². The molecule has 2 rings (SSSR count). The molecule has 1 unspecified atom stereocenters. The van der Waals surface area contributed by atoms with Crippen LogP contribution in [0.5, 0.6) is 5.75 Å². The van der Waals surface area contributed by atoms with Crippen LogP contribution in [0.1, 0.15) is 0 Å². The normalized spacial score (nSPS) is 18.6. The van der Waals surface area contributed by atoms with Gasteiger partial charge in [-0.1, -0.05) is 12.1 Å². The first-order chi connectivity index (χ1) is 9.56. The molecule has 2 amide bonds. The Morgan fingerprint density at radius 1 is 1.40 bits per heavy atom. The Hall–Kier alpha value is -2.22. The summed E-state index contributed by atoms with van der Waals surface area (Å²) in [5, 5.41) is 7.76. The molecule has 0 saturated carbocycles. The highest BCUT2D eigenvalue weighted by Crippen LogP contribution is 2.25. The van der Waals surface area contributed by atoms with E-state index in [2.05, 4.69) is 20.7 Å². The first-order valence-electron chi connectivity index (χ1n) is 5.91. The molecule has 1 aliphatic heterocycles. The topological polar surface area (TPSA) is 79.5 Å². The number of hydrogen-bond donors (Lipinski definition) is 3. The number of alkyl halides is 2. The molecular weight excluding hydrogens is 272 g/mol. The van der Waals surface area contributed by atoms with Gasteiger partial charge in [-0.15, -0.1) is 0 Å². The molecule has 8 heteroatoms. The maximum Gasteiger partial charge on any atom is 0.387 e. The molecule has 1 fully saturated rings. The predicted molar refractivity (Wildman–Crippen MR) is 66.5 cm³/mol. The van der Waals surface area contributed by atoms with Gasteiger partial charge in [-0.3, -0.25) is 14.9 Å². The van der Waals surface area contributed by atoms with Crippen molar-refractivity contribution in [2.75, 3.05) is 18.4 Å². The molecule has 0 bridgehead atoms. The van der Waals surface area contributed by atoms with Crippen molar-refractivity contribution in [1.29, 1.82) is 0 Å². The van der Waals surface area contributed by atoms with Gasteiger partial charge in [-0.25, -0.2) is 0 Å². The maximum absolute atomic E-state index is 12.2. The number of piperazine rings is 1. The summed E-state index contributed by atoms with van der Waals surface area (Å²) >= 11 is 0. The SMILES string of the molecule is O=C1CNC(C(=O)Nc2ccccc2OC(F)F)CN1. The van der Waals surface area contributed by atoms with E-state index >= 15 is 0 Å². The van der Waals surface area contributed by atoms with Crippen LogP contribution in [-0.4, -0.2) is 37.6 Å². The van der Waals surface area contributed by atoms with Crippen LogP contribution < -0.4 is 20.7 Å². The highest BCUT2D eigenvalue weighted by molar-refractivity contribution is 5.97. The summed E-state index contributed by atoms with van der Waals surface area (Å²) in [4.78, 5) is 22.9. The van der Waals surface area contributed by atoms with Crippen LogP contribution in [0.4, 0.5) is 14.5 Å². The van der Waals surface area contributed by atoms with Gasteiger partial charge in [-0.2, -0.15) is 8.78 Å². The largest absolute Gasteiger partial charge is 0.433 e. The van der Waals surface area contributed by atoms with Gasteiger partial charge < -0.3 is 15.4 Å². The number of ether oxygens (including phenoxy) is 1. The van der Waals surface area contributed by atoms with Gasteiger partial charge >= 0.3 is 6.61 Å². The second-order valence-corrected chi connectivity index (χ2v) is 4.10. The number of para-hydroxylation sites is 2. The number of anilines is 1. The number of rotatable bonds is 4. The summed E-state index contributed by atoms with van der Waals surface area (Å²) in [7, 11) is 0. The maximum atomic E-state index is 12.2. The van der Waals surface area contributed by atoms with Gasteiger partial charge in [0.05, 0.1) is 12.2 Å². The third-order valence-corrected chi connectivity index (χ3v) is 2.69. The van der Waals surface area contributed by atoms with Crippen molar-refractivity contribution in [1.82, 2.24) is 10.6 Å². The van der Waals surface area contributed by atoms with E-state index in [1.54, 1.807) is 6.07 Å². The smallest absolute Gasteiger partial charge is 0.387 e. The summed E-state index contributed by atoms with van der Waals surface area (Å²) in [6.45, 7) is -2.80. The molecule has 0 spiro atoms. The first-order valence-corrected chi connectivity index (χ1v) is 5.91. The lowest BCUT2D eigenvalue weighted by molar-refractivity contribution is -0.124. The summed E-state index contributed by atoms with van der Waals surface area (Å²) < 4.78 is 28.8. The van der Waals surface area contributed by atoms with Crippen LogP contribution in [0, 0.1) is 0 Å². The zero-order valence-corrected chi connectivity index (χ0v) is 10.4. The number of carbonyl (C=O) groups is 2. The summed E-state index contributed by atoms with van der Waals surface area (Å²) in [6, 6.07) is 5.28. The van der Waals surface area contributed by atoms with E-state index in [4.69, 9.17) is 0 Å². The molecule has 3 N–H and O–H groups in total. The lowest BCUT2D eigenvalue weighted by atomic mass is 10.2. The van der Waals surface area contributed by atoms with E-state index in [1.807, 2.05) is 0 Å². The number of hydrogen-bond acceptors (Lipinski definition) is 4. The van der Waals surface area contributed by atoms with Crippen LogP contribution in [0.2, 0.25) is 0 Å². The van der Waals surface area contributed by atoms with Gasteiger partial charge in [0.2, 0.25) is 11.8 Å². The molecule has 108 valence electrons. The number of nitrogens with one attached hydrogen (secondary N) is 3. The van der Waals surface area contributed by atoms with Gasteiger partial charge in [0, 0.05) is 6.54 Å². The predicted octanol–water partition coefficient (Wildman–Crippen LogP) is 0.314. The Kier molecular flexibility index (Phi) is 4.46. The van der Waals surface area contributed by atoms with Crippen LogP contribution in [0.15, 0.2) is 24.3 Å². The van der Waals surface area contributed by atoms with Crippen molar-refractivity contribution < 1.29 is 23.1 Å². The third-order valence-electron chi connectivity index (χ3n) is 2.69. The number of halogens is 2. The number of carbonyl (C=O) groups excluding carboxylic acids is 2. The fourth-order valence-corrected chi connectivity index (χ4v) is 1.74. The second-order valence-electron chi connectivity index (χ2n) is 4.10. The Labute approximate surface area is 113 Å². The molecule has 20 heavy (non-hydrogen) atoms. The van der Waals surface area contributed by atoms with Crippen molar-refractivity contribution in [2.24, 2.45) is 0 Å².